The van der Waals surface area contributed by atoms with E-state index < -0.39 is 0 Å². The van der Waals surface area contributed by atoms with E-state index in [0.717, 1.165) is 29.8 Å². The SMILES string of the molecule is CC(CNCC1CNc2cc(Br)cnc2O1)c1ccc(C#N)cc1. The number of fused-ring (bicyclic) bond motifs is 1. The topological polar surface area (TPSA) is 70.0 Å². The molecule has 0 spiro atoms. The summed E-state index contributed by atoms with van der Waals surface area (Å²) in [7, 11) is 0. The number of hydrogen-bond donors (Lipinski definition) is 2. The van der Waals surface area contributed by atoms with E-state index >= 15 is 0 Å². The van der Waals surface area contributed by atoms with Gasteiger partial charge in [-0.1, -0.05) is 19.1 Å². The molecule has 2 atom stereocenters. The van der Waals surface area contributed by atoms with Crippen LogP contribution in [0.5, 0.6) is 5.88 Å². The highest BCUT2D eigenvalue weighted by atomic mass is 79.9. The molecule has 0 aliphatic carbocycles. The number of pyridine rings is 1. The molecule has 2 heterocycles. The van der Waals surface area contributed by atoms with Gasteiger partial charge in [-0.05, 0) is 45.6 Å². The molecule has 0 saturated carbocycles. The third-order valence-electron chi connectivity index (χ3n) is 4.05. The highest BCUT2D eigenvalue weighted by Crippen LogP contribution is 2.28. The first kappa shape index (κ1) is 16.7. The summed E-state index contributed by atoms with van der Waals surface area (Å²) in [5.74, 6) is 1.02. The van der Waals surface area contributed by atoms with Crippen LogP contribution in [-0.2, 0) is 0 Å². The van der Waals surface area contributed by atoms with Crippen LogP contribution in [0.3, 0.4) is 0 Å². The van der Waals surface area contributed by atoms with Crippen molar-refractivity contribution >= 4 is 21.6 Å². The quantitative estimate of drug-likeness (QED) is 0.824. The number of ether oxygens (including phenoxy) is 1. The lowest BCUT2D eigenvalue weighted by atomic mass is 10.00. The van der Waals surface area contributed by atoms with Crippen LogP contribution < -0.4 is 15.4 Å². The lowest BCUT2D eigenvalue weighted by Gasteiger charge is -2.27. The monoisotopic (exact) mass is 386 g/mol. The molecule has 3 rings (SSSR count). The summed E-state index contributed by atoms with van der Waals surface area (Å²) in [5.41, 5.74) is 2.84. The Bertz CT molecular complexity index is 742. The van der Waals surface area contributed by atoms with Crippen LogP contribution in [0, 0.1) is 11.3 Å². The molecule has 1 aliphatic rings. The van der Waals surface area contributed by atoms with Gasteiger partial charge in [-0.2, -0.15) is 5.26 Å². The third kappa shape index (κ3) is 4.05. The Balaban J connectivity index is 1.48. The molecule has 0 fully saturated rings. The second-order valence-corrected chi connectivity index (χ2v) is 6.84. The van der Waals surface area contributed by atoms with Gasteiger partial charge in [0.25, 0.3) is 0 Å². The molecule has 124 valence electrons. The number of benzene rings is 1. The van der Waals surface area contributed by atoms with Gasteiger partial charge in [0.1, 0.15) is 6.10 Å². The third-order valence-corrected chi connectivity index (χ3v) is 4.48. The summed E-state index contributed by atoms with van der Waals surface area (Å²) >= 11 is 3.41. The van der Waals surface area contributed by atoms with Crippen LogP contribution in [0.1, 0.15) is 24.0 Å². The zero-order valence-electron chi connectivity index (χ0n) is 13.4. The summed E-state index contributed by atoms with van der Waals surface area (Å²) in [6.07, 6.45) is 1.79. The molecule has 6 heteroatoms. The van der Waals surface area contributed by atoms with Gasteiger partial charge in [0, 0.05) is 23.8 Å². The molecule has 0 amide bonds. The fourth-order valence-electron chi connectivity index (χ4n) is 2.65. The molecule has 0 radical (unpaired) electrons. The van der Waals surface area contributed by atoms with Crippen LogP contribution >= 0.6 is 15.9 Å². The van der Waals surface area contributed by atoms with Crippen molar-refractivity contribution in [2.24, 2.45) is 0 Å². The minimum atomic E-state index is 0.0549. The molecular weight excluding hydrogens is 368 g/mol. The van der Waals surface area contributed by atoms with Crippen LogP contribution in [0.15, 0.2) is 41.0 Å². The Kier molecular flexibility index (Phi) is 5.34. The predicted molar refractivity (Wildman–Crippen MR) is 97.3 cm³/mol. The Morgan fingerprint density at radius 2 is 2.25 bits per heavy atom. The van der Waals surface area contributed by atoms with Gasteiger partial charge < -0.3 is 15.4 Å². The van der Waals surface area contributed by atoms with Crippen molar-refractivity contribution in [3.05, 3.63) is 52.1 Å². The molecule has 2 unspecified atom stereocenters. The van der Waals surface area contributed by atoms with Crippen molar-refractivity contribution in [2.75, 3.05) is 25.0 Å². The first-order chi connectivity index (χ1) is 11.7. The average Bonchev–Trinajstić information content (AvgIpc) is 2.61. The van der Waals surface area contributed by atoms with Gasteiger partial charge in [0.2, 0.25) is 5.88 Å². The zero-order chi connectivity index (χ0) is 16.9. The van der Waals surface area contributed by atoms with Gasteiger partial charge in [-0.15, -0.1) is 0 Å². The highest BCUT2D eigenvalue weighted by molar-refractivity contribution is 9.10. The zero-order valence-corrected chi connectivity index (χ0v) is 15.0. The number of nitrogens with one attached hydrogen (secondary N) is 2. The number of halogens is 1. The number of aromatic nitrogens is 1. The number of rotatable bonds is 5. The van der Waals surface area contributed by atoms with Gasteiger partial charge in [0.15, 0.2) is 0 Å². The maximum absolute atomic E-state index is 8.85. The lowest BCUT2D eigenvalue weighted by Crippen LogP contribution is -2.40. The van der Waals surface area contributed by atoms with Crippen LogP contribution in [0.4, 0.5) is 5.69 Å². The molecule has 1 aliphatic heterocycles. The first-order valence-corrected chi connectivity index (χ1v) is 8.72. The molecular formula is C18H19BrN4O. The fourth-order valence-corrected chi connectivity index (χ4v) is 2.98. The van der Waals surface area contributed by atoms with Gasteiger partial charge in [-0.3, -0.25) is 0 Å². The molecule has 1 aromatic heterocycles. The predicted octanol–water partition coefficient (Wildman–Crippen LogP) is 3.28. The van der Waals surface area contributed by atoms with E-state index in [-0.39, 0.29) is 6.10 Å². The highest BCUT2D eigenvalue weighted by Gasteiger charge is 2.20. The van der Waals surface area contributed by atoms with Crippen molar-refractivity contribution in [1.82, 2.24) is 10.3 Å². The Morgan fingerprint density at radius 1 is 1.46 bits per heavy atom. The molecule has 2 N–H and O–H groups in total. The number of nitriles is 1. The summed E-state index contributed by atoms with van der Waals surface area (Å²) in [5, 5.41) is 15.7. The number of anilines is 1. The first-order valence-electron chi connectivity index (χ1n) is 7.92. The molecule has 24 heavy (non-hydrogen) atoms. The minimum Gasteiger partial charge on any atom is -0.470 e. The molecule has 1 aromatic carbocycles. The van der Waals surface area contributed by atoms with Crippen molar-refractivity contribution in [1.29, 1.82) is 5.26 Å². The van der Waals surface area contributed by atoms with E-state index in [9.17, 15) is 0 Å². The summed E-state index contributed by atoms with van der Waals surface area (Å²) in [6.45, 7) is 4.53. The molecule has 2 aromatic rings. The second kappa shape index (κ2) is 7.65. The maximum Gasteiger partial charge on any atom is 0.237 e. The standard InChI is InChI=1S/C18H19BrN4O/c1-12(14-4-2-13(7-20)3-5-14)8-21-10-16-11-22-17-6-15(19)9-23-18(17)24-16/h2-6,9,12,16,21-22H,8,10-11H2,1H3. The summed E-state index contributed by atoms with van der Waals surface area (Å²) in [6, 6.07) is 11.9. The van der Waals surface area contributed by atoms with E-state index in [1.54, 1.807) is 6.20 Å². The fraction of sp³-hybridized carbons (Fsp3) is 0.333. The van der Waals surface area contributed by atoms with Crippen molar-refractivity contribution < 1.29 is 4.74 Å². The smallest absolute Gasteiger partial charge is 0.237 e. The molecule has 0 saturated heterocycles. The Labute approximate surface area is 150 Å². The second-order valence-electron chi connectivity index (χ2n) is 5.92. The van der Waals surface area contributed by atoms with E-state index in [1.807, 2.05) is 30.3 Å². The van der Waals surface area contributed by atoms with E-state index in [2.05, 4.69) is 44.5 Å². The van der Waals surface area contributed by atoms with Gasteiger partial charge in [0.05, 0.1) is 23.9 Å². The Morgan fingerprint density at radius 3 is 3.00 bits per heavy atom. The van der Waals surface area contributed by atoms with Crippen LogP contribution in [0.2, 0.25) is 0 Å². The van der Waals surface area contributed by atoms with Crippen molar-refractivity contribution in [3.63, 3.8) is 0 Å². The average molecular weight is 387 g/mol. The molecule has 0 bridgehead atoms. The van der Waals surface area contributed by atoms with Crippen LogP contribution in [-0.4, -0.2) is 30.7 Å². The minimum absolute atomic E-state index is 0.0549. The van der Waals surface area contributed by atoms with Crippen molar-refractivity contribution in [2.45, 2.75) is 18.9 Å². The van der Waals surface area contributed by atoms with Crippen molar-refractivity contribution in [3.8, 4) is 11.9 Å². The Hall–Kier alpha value is -2.10. The van der Waals surface area contributed by atoms with Gasteiger partial charge >= 0.3 is 0 Å². The summed E-state index contributed by atoms with van der Waals surface area (Å²) in [4.78, 5) is 4.29. The normalized spacial score (nSPS) is 17.1. The molecule has 5 nitrogen and oxygen atoms in total. The largest absolute Gasteiger partial charge is 0.470 e. The number of hydrogen-bond acceptors (Lipinski definition) is 5. The van der Waals surface area contributed by atoms with E-state index in [0.29, 0.717) is 17.4 Å². The van der Waals surface area contributed by atoms with Crippen LogP contribution in [0.25, 0.3) is 0 Å². The lowest BCUT2D eigenvalue weighted by molar-refractivity contribution is 0.193. The van der Waals surface area contributed by atoms with Gasteiger partial charge in [-0.25, -0.2) is 4.98 Å². The summed E-state index contributed by atoms with van der Waals surface area (Å²) < 4.78 is 6.85. The van der Waals surface area contributed by atoms with E-state index in [4.69, 9.17) is 10.00 Å². The van der Waals surface area contributed by atoms with E-state index in [1.165, 1.54) is 5.56 Å². The maximum atomic E-state index is 8.85. The number of nitrogens with zero attached hydrogens (tertiary/aromatic N) is 2.